The molecular formula is C10H12INO. The van der Waals surface area contributed by atoms with E-state index in [1.54, 1.807) is 0 Å². The molecule has 0 aliphatic heterocycles. The lowest BCUT2D eigenvalue weighted by Crippen LogP contribution is -2.04. The van der Waals surface area contributed by atoms with Crippen molar-refractivity contribution in [2.24, 2.45) is 0 Å². The van der Waals surface area contributed by atoms with Crippen LogP contribution < -0.4 is 0 Å². The molecule has 13 heavy (non-hydrogen) atoms. The number of rotatable bonds is 2. The molecule has 1 aromatic carbocycles. The zero-order chi connectivity index (χ0) is 9.84. The Balaban J connectivity index is 2.90. The summed E-state index contributed by atoms with van der Waals surface area (Å²) in [7, 11) is 0. The second kappa shape index (κ2) is 4.60. The van der Waals surface area contributed by atoms with E-state index >= 15 is 0 Å². The fraction of sp³-hybridized carbons (Fsp3) is 0.300. The van der Waals surface area contributed by atoms with Gasteiger partial charge in [-0.3, -0.25) is 5.41 Å². The zero-order valence-corrected chi connectivity index (χ0v) is 9.88. The Kier molecular flexibility index (Phi) is 3.71. The highest BCUT2D eigenvalue weighted by atomic mass is 127. The molecule has 0 bridgehead atoms. The summed E-state index contributed by atoms with van der Waals surface area (Å²) in [5, 5.41) is 7.57. The fourth-order valence-corrected chi connectivity index (χ4v) is 1.48. The Morgan fingerprint density at radius 2 is 2.23 bits per heavy atom. The Morgan fingerprint density at radius 1 is 1.54 bits per heavy atom. The molecule has 0 spiro atoms. The third-order valence-corrected chi connectivity index (χ3v) is 2.88. The molecule has 0 unspecified atom stereocenters. The summed E-state index contributed by atoms with van der Waals surface area (Å²) in [5.41, 5.74) is 2.07. The summed E-state index contributed by atoms with van der Waals surface area (Å²) in [6.07, 6.45) is 0. The molecule has 70 valence electrons. The molecule has 1 aromatic rings. The zero-order valence-electron chi connectivity index (χ0n) is 7.73. The van der Waals surface area contributed by atoms with Gasteiger partial charge in [-0.25, -0.2) is 0 Å². The molecule has 0 aliphatic rings. The van der Waals surface area contributed by atoms with Gasteiger partial charge in [0.15, 0.2) is 0 Å². The number of hydrogen-bond donors (Lipinski definition) is 1. The van der Waals surface area contributed by atoms with E-state index in [1.165, 1.54) is 9.13 Å². The van der Waals surface area contributed by atoms with Crippen LogP contribution in [0.25, 0.3) is 0 Å². The molecule has 2 nitrogen and oxygen atoms in total. The average molecular weight is 289 g/mol. The molecule has 0 radical (unpaired) electrons. The van der Waals surface area contributed by atoms with Gasteiger partial charge in [-0.15, -0.1) is 0 Å². The van der Waals surface area contributed by atoms with Crippen molar-refractivity contribution in [1.82, 2.24) is 0 Å². The lowest BCUT2D eigenvalue weighted by molar-refractivity contribution is 0.325. The molecule has 0 aliphatic carbocycles. The van der Waals surface area contributed by atoms with Crippen molar-refractivity contribution in [2.45, 2.75) is 13.8 Å². The minimum Gasteiger partial charge on any atom is -0.478 e. The maximum Gasteiger partial charge on any atom is 0.213 e. The van der Waals surface area contributed by atoms with Crippen molar-refractivity contribution >= 4 is 28.5 Å². The van der Waals surface area contributed by atoms with Crippen LogP contribution in [0.4, 0.5) is 0 Å². The molecule has 0 saturated heterocycles. The van der Waals surface area contributed by atoms with E-state index < -0.39 is 0 Å². The topological polar surface area (TPSA) is 33.1 Å². The largest absolute Gasteiger partial charge is 0.478 e. The lowest BCUT2D eigenvalue weighted by Gasteiger charge is -2.06. The summed E-state index contributed by atoms with van der Waals surface area (Å²) in [6.45, 7) is 4.48. The number of benzene rings is 1. The van der Waals surface area contributed by atoms with Crippen LogP contribution in [0.3, 0.4) is 0 Å². The third-order valence-electron chi connectivity index (χ3n) is 1.72. The Morgan fingerprint density at radius 3 is 2.77 bits per heavy atom. The van der Waals surface area contributed by atoms with Gasteiger partial charge in [0.1, 0.15) is 0 Å². The SMILES string of the molecule is CCOC(=N)c1ccc(C)c(I)c1. The van der Waals surface area contributed by atoms with Crippen molar-refractivity contribution < 1.29 is 4.74 Å². The lowest BCUT2D eigenvalue weighted by atomic mass is 10.1. The third kappa shape index (κ3) is 2.69. The van der Waals surface area contributed by atoms with Gasteiger partial charge < -0.3 is 4.74 Å². The van der Waals surface area contributed by atoms with Gasteiger partial charge in [-0.2, -0.15) is 0 Å². The van der Waals surface area contributed by atoms with Crippen LogP contribution in [-0.4, -0.2) is 12.5 Å². The number of nitrogens with one attached hydrogen (secondary N) is 1. The Labute approximate surface area is 92.0 Å². The van der Waals surface area contributed by atoms with Crippen LogP contribution in [0.1, 0.15) is 18.1 Å². The minimum atomic E-state index is 0.250. The molecule has 0 atom stereocenters. The first-order valence-electron chi connectivity index (χ1n) is 4.13. The van der Waals surface area contributed by atoms with Crippen LogP contribution in [0, 0.1) is 15.9 Å². The molecule has 1 rings (SSSR count). The van der Waals surface area contributed by atoms with Crippen LogP contribution in [0.2, 0.25) is 0 Å². The monoisotopic (exact) mass is 289 g/mol. The number of aryl methyl sites for hydroxylation is 1. The second-order valence-electron chi connectivity index (χ2n) is 2.73. The molecule has 0 aromatic heterocycles. The van der Waals surface area contributed by atoms with E-state index in [4.69, 9.17) is 10.1 Å². The van der Waals surface area contributed by atoms with Gasteiger partial charge in [0.05, 0.1) is 6.61 Å². The van der Waals surface area contributed by atoms with Crippen molar-refractivity contribution in [1.29, 1.82) is 5.41 Å². The average Bonchev–Trinajstić information content (AvgIpc) is 2.10. The van der Waals surface area contributed by atoms with Crippen molar-refractivity contribution in [3.63, 3.8) is 0 Å². The Bertz CT molecular complexity index is 323. The normalized spacial score (nSPS) is 9.77. The molecule has 3 heteroatoms. The molecule has 1 N–H and O–H groups in total. The van der Waals surface area contributed by atoms with Crippen LogP contribution >= 0.6 is 22.6 Å². The minimum absolute atomic E-state index is 0.250. The van der Waals surface area contributed by atoms with Crippen molar-refractivity contribution in [3.05, 3.63) is 32.9 Å². The molecule has 0 heterocycles. The van der Waals surface area contributed by atoms with E-state index in [0.29, 0.717) is 6.61 Å². The Hall–Kier alpha value is -0.580. The quantitative estimate of drug-likeness (QED) is 0.507. The van der Waals surface area contributed by atoms with E-state index in [9.17, 15) is 0 Å². The van der Waals surface area contributed by atoms with Crippen LogP contribution in [0.15, 0.2) is 18.2 Å². The number of halogens is 1. The highest BCUT2D eigenvalue weighted by Gasteiger charge is 2.03. The molecule has 0 fully saturated rings. The van der Waals surface area contributed by atoms with Crippen molar-refractivity contribution in [2.75, 3.05) is 6.61 Å². The maximum atomic E-state index is 7.57. The maximum absolute atomic E-state index is 7.57. The standard InChI is InChI=1S/C10H12INO/c1-3-13-10(12)8-5-4-7(2)9(11)6-8/h4-6,12H,3H2,1-2H3. The van der Waals surface area contributed by atoms with Crippen LogP contribution in [0.5, 0.6) is 0 Å². The number of ether oxygens (including phenoxy) is 1. The van der Waals surface area contributed by atoms with Gasteiger partial charge in [0.25, 0.3) is 0 Å². The summed E-state index contributed by atoms with van der Waals surface area (Å²) < 4.78 is 6.27. The van der Waals surface area contributed by atoms with E-state index in [-0.39, 0.29) is 5.90 Å². The first-order chi connectivity index (χ1) is 6.15. The van der Waals surface area contributed by atoms with Gasteiger partial charge >= 0.3 is 0 Å². The van der Waals surface area contributed by atoms with Gasteiger partial charge in [-0.1, -0.05) is 6.07 Å². The smallest absolute Gasteiger partial charge is 0.213 e. The molecule has 0 amide bonds. The molecular weight excluding hydrogens is 277 g/mol. The predicted octanol–water partition coefficient (Wildman–Crippen LogP) is 2.96. The first kappa shape index (κ1) is 10.5. The summed E-state index contributed by atoms with van der Waals surface area (Å²) in [6, 6.07) is 5.88. The van der Waals surface area contributed by atoms with Crippen molar-refractivity contribution in [3.8, 4) is 0 Å². The van der Waals surface area contributed by atoms with Gasteiger partial charge in [0.2, 0.25) is 5.90 Å². The first-order valence-corrected chi connectivity index (χ1v) is 5.21. The van der Waals surface area contributed by atoms with E-state index in [0.717, 1.165) is 5.56 Å². The van der Waals surface area contributed by atoms with Gasteiger partial charge in [-0.05, 0) is 54.1 Å². The van der Waals surface area contributed by atoms with Crippen LogP contribution in [-0.2, 0) is 4.74 Å². The second-order valence-corrected chi connectivity index (χ2v) is 3.89. The fourth-order valence-electron chi connectivity index (χ4n) is 0.962. The highest BCUT2D eigenvalue weighted by molar-refractivity contribution is 14.1. The van der Waals surface area contributed by atoms with E-state index in [2.05, 4.69) is 29.5 Å². The van der Waals surface area contributed by atoms with Gasteiger partial charge in [0, 0.05) is 9.13 Å². The van der Waals surface area contributed by atoms with E-state index in [1.807, 2.05) is 25.1 Å². The summed E-state index contributed by atoms with van der Waals surface area (Å²) >= 11 is 2.26. The highest BCUT2D eigenvalue weighted by Crippen LogP contribution is 2.14. The number of hydrogen-bond acceptors (Lipinski definition) is 2. The summed E-state index contributed by atoms with van der Waals surface area (Å²) in [4.78, 5) is 0. The molecule has 0 saturated carbocycles. The summed E-state index contributed by atoms with van der Waals surface area (Å²) in [5.74, 6) is 0.250. The predicted molar refractivity (Wildman–Crippen MR) is 62.4 cm³/mol.